The van der Waals surface area contributed by atoms with Gasteiger partial charge >= 0.3 is 0 Å². The molecule has 3 aliphatic heterocycles. The second-order valence-corrected chi connectivity index (χ2v) is 11.0. The van der Waals surface area contributed by atoms with Crippen molar-refractivity contribution in [1.29, 1.82) is 5.26 Å². The summed E-state index contributed by atoms with van der Waals surface area (Å²) in [5.74, 6) is 2.02. The Hall–Kier alpha value is -3.13. The van der Waals surface area contributed by atoms with Gasteiger partial charge in [0.05, 0.1) is 28.5 Å². The molecule has 0 bridgehead atoms. The summed E-state index contributed by atoms with van der Waals surface area (Å²) in [6.07, 6.45) is 2.76. The van der Waals surface area contributed by atoms with E-state index < -0.39 is 0 Å². The van der Waals surface area contributed by atoms with E-state index in [0.717, 1.165) is 69.3 Å². The maximum absolute atomic E-state index is 13.0. The predicted molar refractivity (Wildman–Crippen MR) is 144 cm³/mol. The standard InChI is InChI=1S/C27H32N6O3S/c28-16-20-1-3-21(4-2-20)18-32(25-15-26(29-17-25)27(34)31-13-14-37-19-31)23-9-11-30(12-10-23)22-5-7-24(8-6-22)33(35)36/h1-8,23,25-26,29H,9-15,17-19H2. The van der Waals surface area contributed by atoms with E-state index in [-0.39, 0.29) is 28.6 Å². The Morgan fingerprint density at radius 1 is 1.11 bits per heavy atom. The maximum Gasteiger partial charge on any atom is 0.269 e. The lowest BCUT2D eigenvalue weighted by atomic mass is 9.98. The van der Waals surface area contributed by atoms with E-state index in [1.165, 1.54) is 5.56 Å². The Morgan fingerprint density at radius 2 is 1.84 bits per heavy atom. The number of carbonyl (C=O) groups is 1. The predicted octanol–water partition coefficient (Wildman–Crippen LogP) is 3.20. The van der Waals surface area contributed by atoms with Gasteiger partial charge in [-0.1, -0.05) is 12.1 Å². The molecular weight excluding hydrogens is 488 g/mol. The molecule has 10 heteroatoms. The SMILES string of the molecule is N#Cc1ccc(CN(C2CCN(c3ccc([N+](=O)[O-])cc3)CC2)C2CNC(C(=O)N3CCSC3)C2)cc1. The van der Waals surface area contributed by atoms with Crippen molar-refractivity contribution in [3.63, 3.8) is 0 Å². The van der Waals surface area contributed by atoms with E-state index in [2.05, 4.69) is 21.2 Å². The summed E-state index contributed by atoms with van der Waals surface area (Å²) in [5, 5.41) is 23.7. The van der Waals surface area contributed by atoms with Gasteiger partial charge in [0.15, 0.2) is 0 Å². The van der Waals surface area contributed by atoms with Crippen LogP contribution in [0.4, 0.5) is 11.4 Å². The molecule has 37 heavy (non-hydrogen) atoms. The van der Waals surface area contributed by atoms with Crippen molar-refractivity contribution in [3.8, 4) is 6.07 Å². The summed E-state index contributed by atoms with van der Waals surface area (Å²) in [5.41, 5.74) is 2.95. The lowest BCUT2D eigenvalue weighted by Gasteiger charge is -2.42. The van der Waals surface area contributed by atoms with Crippen molar-refractivity contribution in [3.05, 3.63) is 69.8 Å². The van der Waals surface area contributed by atoms with Gasteiger partial charge in [-0.3, -0.25) is 19.8 Å². The largest absolute Gasteiger partial charge is 0.371 e. The number of hydrogen-bond acceptors (Lipinski definition) is 8. The van der Waals surface area contributed by atoms with Gasteiger partial charge in [-0.25, -0.2) is 0 Å². The fourth-order valence-corrected chi connectivity index (χ4v) is 6.61. The van der Waals surface area contributed by atoms with Gasteiger partial charge < -0.3 is 15.1 Å². The molecule has 3 heterocycles. The molecule has 0 aliphatic carbocycles. The van der Waals surface area contributed by atoms with Gasteiger partial charge in [0.2, 0.25) is 5.91 Å². The summed E-state index contributed by atoms with van der Waals surface area (Å²) in [6, 6.07) is 17.3. The molecule has 2 unspecified atom stereocenters. The third-order valence-corrected chi connectivity index (χ3v) is 8.71. The van der Waals surface area contributed by atoms with Crippen molar-refractivity contribution in [2.75, 3.05) is 42.7 Å². The van der Waals surface area contributed by atoms with Gasteiger partial charge in [-0.15, -0.1) is 11.8 Å². The van der Waals surface area contributed by atoms with Crippen molar-refractivity contribution >= 4 is 29.0 Å². The van der Waals surface area contributed by atoms with E-state index in [9.17, 15) is 20.2 Å². The van der Waals surface area contributed by atoms with Crippen LogP contribution in [0.1, 0.15) is 30.4 Å². The molecule has 1 amide bonds. The molecule has 1 N–H and O–H groups in total. The molecule has 0 saturated carbocycles. The van der Waals surface area contributed by atoms with Crippen LogP contribution in [0.2, 0.25) is 0 Å². The second kappa shape index (κ2) is 11.5. The molecule has 5 rings (SSSR count). The van der Waals surface area contributed by atoms with E-state index in [1.807, 2.05) is 53.1 Å². The highest BCUT2D eigenvalue weighted by atomic mass is 32.2. The van der Waals surface area contributed by atoms with Gasteiger partial charge in [0, 0.05) is 68.4 Å². The number of nitrogens with zero attached hydrogens (tertiary/aromatic N) is 5. The number of rotatable bonds is 7. The van der Waals surface area contributed by atoms with E-state index in [4.69, 9.17) is 0 Å². The summed E-state index contributed by atoms with van der Waals surface area (Å²) in [4.78, 5) is 30.5. The molecule has 2 aromatic rings. The number of anilines is 1. The highest BCUT2D eigenvalue weighted by molar-refractivity contribution is 7.99. The van der Waals surface area contributed by atoms with E-state index in [0.29, 0.717) is 11.6 Å². The number of piperidine rings is 1. The lowest BCUT2D eigenvalue weighted by molar-refractivity contribution is -0.384. The molecule has 194 valence electrons. The number of benzene rings is 2. The summed E-state index contributed by atoms with van der Waals surface area (Å²) < 4.78 is 0. The Kier molecular flexibility index (Phi) is 7.93. The van der Waals surface area contributed by atoms with Crippen LogP contribution >= 0.6 is 11.8 Å². The average molecular weight is 521 g/mol. The number of nitrogens with one attached hydrogen (secondary N) is 1. The van der Waals surface area contributed by atoms with Gasteiger partial charge in [0.1, 0.15) is 0 Å². The Balaban J connectivity index is 1.27. The minimum atomic E-state index is -0.368. The Morgan fingerprint density at radius 3 is 2.46 bits per heavy atom. The van der Waals surface area contributed by atoms with Crippen LogP contribution < -0.4 is 10.2 Å². The minimum Gasteiger partial charge on any atom is -0.371 e. The number of thioether (sulfide) groups is 1. The summed E-state index contributed by atoms with van der Waals surface area (Å²) >= 11 is 1.81. The molecule has 3 aliphatic rings. The molecule has 2 atom stereocenters. The lowest BCUT2D eigenvalue weighted by Crippen LogP contribution is -2.49. The number of nitro benzene ring substituents is 1. The first-order valence-electron chi connectivity index (χ1n) is 12.9. The zero-order chi connectivity index (χ0) is 25.8. The van der Waals surface area contributed by atoms with Crippen molar-refractivity contribution in [2.24, 2.45) is 0 Å². The zero-order valence-electron chi connectivity index (χ0n) is 20.8. The van der Waals surface area contributed by atoms with Crippen molar-refractivity contribution < 1.29 is 9.72 Å². The monoisotopic (exact) mass is 520 g/mol. The van der Waals surface area contributed by atoms with Crippen LogP contribution in [0.3, 0.4) is 0 Å². The molecule has 9 nitrogen and oxygen atoms in total. The van der Waals surface area contributed by atoms with Crippen LogP contribution in [0.5, 0.6) is 0 Å². The summed E-state index contributed by atoms with van der Waals surface area (Å²) in [7, 11) is 0. The normalized spacial score (nSPS) is 22.4. The first kappa shape index (κ1) is 25.5. The van der Waals surface area contributed by atoms with E-state index in [1.54, 1.807) is 12.1 Å². The first-order chi connectivity index (χ1) is 18.0. The molecule has 0 spiro atoms. The number of nitro groups is 1. The maximum atomic E-state index is 13.0. The number of non-ortho nitro benzene ring substituents is 1. The molecular formula is C27H32N6O3S. The number of nitriles is 1. The number of carbonyl (C=O) groups excluding carboxylic acids is 1. The molecule has 0 radical (unpaired) electrons. The highest BCUT2D eigenvalue weighted by Crippen LogP contribution is 2.29. The second-order valence-electron chi connectivity index (χ2n) is 9.96. The fourth-order valence-electron chi connectivity index (χ4n) is 5.66. The number of hydrogen-bond donors (Lipinski definition) is 1. The van der Waals surface area contributed by atoms with Crippen LogP contribution in [-0.2, 0) is 11.3 Å². The van der Waals surface area contributed by atoms with Crippen molar-refractivity contribution in [2.45, 2.75) is 43.9 Å². The number of amides is 1. The quantitative estimate of drug-likeness (QED) is 0.438. The Bertz CT molecular complexity index is 1140. The van der Waals surface area contributed by atoms with E-state index >= 15 is 0 Å². The third kappa shape index (κ3) is 5.90. The van der Waals surface area contributed by atoms with Crippen molar-refractivity contribution in [1.82, 2.24) is 15.1 Å². The minimum absolute atomic E-state index is 0.109. The Labute approximate surface area is 221 Å². The van der Waals surface area contributed by atoms with Gasteiger partial charge in [-0.05, 0) is 49.1 Å². The zero-order valence-corrected chi connectivity index (χ0v) is 21.6. The molecule has 2 aromatic carbocycles. The third-order valence-electron chi connectivity index (χ3n) is 7.75. The van der Waals surface area contributed by atoms with Crippen LogP contribution in [0.25, 0.3) is 0 Å². The van der Waals surface area contributed by atoms with Crippen LogP contribution in [0, 0.1) is 21.4 Å². The first-order valence-corrected chi connectivity index (χ1v) is 14.0. The van der Waals surface area contributed by atoms with Gasteiger partial charge in [0.25, 0.3) is 5.69 Å². The molecule has 3 fully saturated rings. The smallest absolute Gasteiger partial charge is 0.269 e. The van der Waals surface area contributed by atoms with Gasteiger partial charge in [-0.2, -0.15) is 5.26 Å². The molecule has 3 saturated heterocycles. The fraction of sp³-hybridized carbons (Fsp3) is 0.481. The summed E-state index contributed by atoms with van der Waals surface area (Å²) in [6.45, 7) is 4.15. The average Bonchev–Trinajstić information content (AvgIpc) is 3.65. The van der Waals surface area contributed by atoms with Crippen LogP contribution in [-0.4, -0.2) is 76.6 Å². The topological polar surface area (TPSA) is 106 Å². The molecule has 0 aromatic heterocycles. The highest BCUT2D eigenvalue weighted by Gasteiger charge is 2.38. The van der Waals surface area contributed by atoms with Crippen LogP contribution in [0.15, 0.2) is 48.5 Å².